The number of primary amides is 1. The molecule has 0 aliphatic heterocycles. The maximum absolute atomic E-state index is 12.8. The van der Waals surface area contributed by atoms with Gasteiger partial charge < -0.3 is 10.5 Å². The van der Waals surface area contributed by atoms with Crippen LogP contribution < -0.4 is 10.5 Å². The van der Waals surface area contributed by atoms with E-state index >= 15 is 0 Å². The molecule has 0 saturated heterocycles. The van der Waals surface area contributed by atoms with E-state index in [2.05, 4.69) is 4.98 Å². The van der Waals surface area contributed by atoms with Gasteiger partial charge in [-0.05, 0) is 18.2 Å². The minimum atomic E-state index is -0.654. The van der Waals surface area contributed by atoms with E-state index in [1.165, 1.54) is 18.3 Å². The number of pyridine rings is 1. The Morgan fingerprint density at radius 2 is 2.06 bits per heavy atom. The highest BCUT2D eigenvalue weighted by Gasteiger charge is 2.09. The lowest BCUT2D eigenvalue weighted by atomic mass is 10.2. The van der Waals surface area contributed by atoms with E-state index in [0.29, 0.717) is 0 Å². The fourth-order valence-electron chi connectivity index (χ4n) is 1.33. The van der Waals surface area contributed by atoms with E-state index in [-0.39, 0.29) is 17.1 Å². The van der Waals surface area contributed by atoms with Crippen LogP contribution in [0.5, 0.6) is 11.5 Å². The first-order valence-electron chi connectivity index (χ1n) is 4.85. The van der Waals surface area contributed by atoms with Crippen LogP contribution in [0.4, 0.5) is 4.39 Å². The molecule has 0 radical (unpaired) electrons. The number of rotatable bonds is 3. The first-order valence-corrected chi connectivity index (χ1v) is 4.85. The molecule has 1 aromatic carbocycles. The summed E-state index contributed by atoms with van der Waals surface area (Å²) in [6.45, 7) is 0. The Bertz CT molecular complexity index is 558. The number of hydrogen-bond donors (Lipinski definition) is 1. The van der Waals surface area contributed by atoms with Crippen molar-refractivity contribution >= 4 is 5.91 Å². The van der Waals surface area contributed by atoms with Crippen LogP contribution in [-0.2, 0) is 0 Å². The van der Waals surface area contributed by atoms with Crippen LogP contribution in [0.25, 0.3) is 0 Å². The molecule has 0 fully saturated rings. The zero-order valence-electron chi connectivity index (χ0n) is 8.76. The van der Waals surface area contributed by atoms with Gasteiger partial charge in [-0.2, -0.15) is 4.39 Å². The van der Waals surface area contributed by atoms with Crippen molar-refractivity contribution in [2.24, 2.45) is 5.73 Å². The summed E-state index contributed by atoms with van der Waals surface area (Å²) in [5.41, 5.74) is 5.43. The summed E-state index contributed by atoms with van der Waals surface area (Å²) in [5.74, 6) is -0.717. The summed E-state index contributed by atoms with van der Waals surface area (Å²) in [6.07, 6.45) is 1.28. The highest BCUT2D eigenvalue weighted by Crippen LogP contribution is 2.24. The lowest BCUT2D eigenvalue weighted by molar-refractivity contribution is 0.0998. The molecule has 1 heterocycles. The quantitative estimate of drug-likeness (QED) is 0.824. The average Bonchev–Trinajstić information content (AvgIpc) is 2.29. The number of nitrogens with zero attached hydrogens (tertiary/aromatic N) is 1. The number of aromatic nitrogens is 1. The van der Waals surface area contributed by atoms with Gasteiger partial charge in [0.05, 0.1) is 5.56 Å². The zero-order chi connectivity index (χ0) is 12.3. The van der Waals surface area contributed by atoms with Crippen molar-refractivity contribution in [3.8, 4) is 11.5 Å². The summed E-state index contributed by atoms with van der Waals surface area (Å²) in [7, 11) is 0. The zero-order valence-corrected chi connectivity index (χ0v) is 8.76. The SMILES string of the molecule is NC(=O)c1ccccc1Oc1ccnc(F)c1. The number of para-hydroxylation sites is 1. The molecule has 0 bridgehead atoms. The van der Waals surface area contributed by atoms with Gasteiger partial charge in [0.25, 0.3) is 5.91 Å². The van der Waals surface area contributed by atoms with Crippen molar-refractivity contribution in [3.63, 3.8) is 0 Å². The summed E-state index contributed by atoms with van der Waals surface area (Å²) in [6, 6.07) is 9.09. The summed E-state index contributed by atoms with van der Waals surface area (Å²) >= 11 is 0. The Kier molecular flexibility index (Phi) is 3.00. The molecule has 1 aromatic heterocycles. The van der Waals surface area contributed by atoms with Crippen LogP contribution in [0.2, 0.25) is 0 Å². The van der Waals surface area contributed by atoms with Crippen LogP contribution in [-0.4, -0.2) is 10.9 Å². The predicted octanol–water partition coefficient (Wildman–Crippen LogP) is 2.11. The van der Waals surface area contributed by atoms with Gasteiger partial charge in [-0.3, -0.25) is 4.79 Å². The molecule has 1 amide bonds. The Morgan fingerprint density at radius 3 is 2.76 bits per heavy atom. The Labute approximate surface area is 96.9 Å². The fraction of sp³-hybridized carbons (Fsp3) is 0. The van der Waals surface area contributed by atoms with Gasteiger partial charge in [-0.1, -0.05) is 12.1 Å². The molecular weight excluding hydrogens is 223 g/mol. The van der Waals surface area contributed by atoms with Crippen molar-refractivity contribution < 1.29 is 13.9 Å². The smallest absolute Gasteiger partial charge is 0.252 e. The van der Waals surface area contributed by atoms with Crippen molar-refractivity contribution in [1.29, 1.82) is 0 Å². The molecule has 17 heavy (non-hydrogen) atoms. The van der Waals surface area contributed by atoms with Gasteiger partial charge in [0.1, 0.15) is 11.5 Å². The third-order valence-electron chi connectivity index (χ3n) is 2.08. The van der Waals surface area contributed by atoms with E-state index < -0.39 is 11.9 Å². The highest BCUT2D eigenvalue weighted by atomic mass is 19.1. The van der Waals surface area contributed by atoms with E-state index in [1.54, 1.807) is 18.2 Å². The molecule has 0 aliphatic carbocycles. The van der Waals surface area contributed by atoms with Gasteiger partial charge in [0.2, 0.25) is 5.95 Å². The average molecular weight is 232 g/mol. The number of amides is 1. The largest absolute Gasteiger partial charge is 0.456 e. The van der Waals surface area contributed by atoms with E-state index in [0.717, 1.165) is 6.07 Å². The van der Waals surface area contributed by atoms with Crippen molar-refractivity contribution in [2.45, 2.75) is 0 Å². The molecule has 86 valence electrons. The summed E-state index contributed by atoms with van der Waals surface area (Å²) < 4.78 is 18.2. The molecule has 0 unspecified atom stereocenters. The number of ether oxygens (including phenoxy) is 1. The van der Waals surface area contributed by atoms with E-state index in [1.807, 2.05) is 0 Å². The van der Waals surface area contributed by atoms with Crippen LogP contribution in [0, 0.1) is 5.95 Å². The number of carbonyl (C=O) groups is 1. The number of halogens is 1. The van der Waals surface area contributed by atoms with Crippen molar-refractivity contribution in [2.75, 3.05) is 0 Å². The molecule has 0 spiro atoms. The second kappa shape index (κ2) is 4.61. The first-order chi connectivity index (χ1) is 8.16. The molecule has 2 aromatic rings. The number of carbonyl (C=O) groups excluding carboxylic acids is 1. The minimum Gasteiger partial charge on any atom is -0.456 e. The number of hydrogen-bond acceptors (Lipinski definition) is 3. The standard InChI is InChI=1S/C12H9FN2O2/c13-11-7-8(5-6-15-11)17-10-4-2-1-3-9(10)12(14)16/h1-7H,(H2,14,16). The third-order valence-corrected chi connectivity index (χ3v) is 2.08. The van der Waals surface area contributed by atoms with E-state index in [9.17, 15) is 9.18 Å². The lowest BCUT2D eigenvalue weighted by Gasteiger charge is -2.08. The van der Waals surface area contributed by atoms with E-state index in [4.69, 9.17) is 10.5 Å². The fourth-order valence-corrected chi connectivity index (χ4v) is 1.33. The Morgan fingerprint density at radius 1 is 1.29 bits per heavy atom. The van der Waals surface area contributed by atoms with Gasteiger partial charge in [0.15, 0.2) is 0 Å². The molecule has 0 atom stereocenters. The lowest BCUT2D eigenvalue weighted by Crippen LogP contribution is -2.11. The maximum atomic E-state index is 12.8. The molecule has 0 aliphatic rings. The second-order valence-corrected chi connectivity index (χ2v) is 3.28. The van der Waals surface area contributed by atoms with Crippen LogP contribution >= 0.6 is 0 Å². The highest BCUT2D eigenvalue weighted by molar-refractivity contribution is 5.95. The van der Waals surface area contributed by atoms with Gasteiger partial charge in [0, 0.05) is 12.3 Å². The minimum absolute atomic E-state index is 0.240. The Hall–Kier alpha value is -2.43. The number of benzene rings is 1. The van der Waals surface area contributed by atoms with Gasteiger partial charge in [-0.25, -0.2) is 4.98 Å². The molecule has 4 nitrogen and oxygen atoms in total. The van der Waals surface area contributed by atoms with Crippen molar-refractivity contribution in [1.82, 2.24) is 4.98 Å². The van der Waals surface area contributed by atoms with Crippen LogP contribution in [0.3, 0.4) is 0 Å². The normalized spacial score (nSPS) is 9.94. The van der Waals surface area contributed by atoms with Crippen LogP contribution in [0.15, 0.2) is 42.6 Å². The van der Waals surface area contributed by atoms with Crippen molar-refractivity contribution in [3.05, 3.63) is 54.1 Å². The predicted molar refractivity (Wildman–Crippen MR) is 59.2 cm³/mol. The third kappa shape index (κ3) is 2.57. The summed E-state index contributed by atoms with van der Waals surface area (Å²) in [5, 5.41) is 0. The van der Waals surface area contributed by atoms with Gasteiger partial charge in [-0.15, -0.1) is 0 Å². The molecule has 2 N–H and O–H groups in total. The molecular formula is C12H9FN2O2. The molecule has 5 heteroatoms. The number of nitrogens with two attached hydrogens (primary N) is 1. The van der Waals surface area contributed by atoms with Crippen LogP contribution in [0.1, 0.15) is 10.4 Å². The second-order valence-electron chi connectivity index (χ2n) is 3.28. The first kappa shape index (κ1) is 11.1. The topological polar surface area (TPSA) is 65.2 Å². The molecule has 2 rings (SSSR count). The Balaban J connectivity index is 2.33. The monoisotopic (exact) mass is 232 g/mol. The molecule has 0 saturated carbocycles. The maximum Gasteiger partial charge on any atom is 0.252 e. The summed E-state index contributed by atoms with van der Waals surface area (Å²) in [4.78, 5) is 14.5. The van der Waals surface area contributed by atoms with Gasteiger partial charge >= 0.3 is 0 Å².